The molecule has 0 spiro atoms. The van der Waals surface area contributed by atoms with Gasteiger partial charge in [0.2, 0.25) is 10.0 Å². The number of halogens is 2. The molecule has 2 rings (SSSR count). The monoisotopic (exact) mass is 322 g/mol. The Morgan fingerprint density at radius 2 is 1.95 bits per heavy atom. The molecule has 9 heteroatoms. The molecule has 1 aromatic carbocycles. The highest BCUT2D eigenvalue weighted by Gasteiger charge is 2.37. The number of hydrogen-bond acceptors (Lipinski definition) is 5. The van der Waals surface area contributed by atoms with Gasteiger partial charge in [-0.3, -0.25) is 0 Å². The fourth-order valence-electron chi connectivity index (χ4n) is 2.26. The van der Waals surface area contributed by atoms with Crippen LogP contribution in [0.5, 0.6) is 0 Å². The Morgan fingerprint density at radius 3 is 2.48 bits per heavy atom. The number of hydrogen-bond donors (Lipinski definition) is 2. The molecular formula is C12H16F2N2O4S. The number of anilines is 1. The predicted molar refractivity (Wildman–Crippen MR) is 71.0 cm³/mol. The van der Waals surface area contributed by atoms with Gasteiger partial charge in [0.05, 0.1) is 18.8 Å². The first-order valence-corrected chi connectivity index (χ1v) is 7.70. The minimum Gasteiger partial charge on any atom is -0.399 e. The minimum absolute atomic E-state index is 0.0535. The Kier molecular flexibility index (Phi) is 4.47. The van der Waals surface area contributed by atoms with Crippen molar-refractivity contribution >= 4 is 15.7 Å². The van der Waals surface area contributed by atoms with Crippen LogP contribution < -0.4 is 5.73 Å². The number of aliphatic hydroxyl groups is 1. The average molecular weight is 322 g/mol. The van der Waals surface area contributed by atoms with Gasteiger partial charge in [-0.15, -0.1) is 0 Å². The lowest BCUT2D eigenvalue weighted by Crippen LogP contribution is -2.50. The number of nitrogens with two attached hydrogens (primary N) is 1. The second-order valence-corrected chi connectivity index (χ2v) is 6.76. The molecule has 1 aromatic rings. The van der Waals surface area contributed by atoms with E-state index < -0.39 is 38.8 Å². The molecule has 1 aliphatic heterocycles. The lowest BCUT2D eigenvalue weighted by Gasteiger charge is -2.35. The number of benzene rings is 1. The smallest absolute Gasteiger partial charge is 0.249 e. The van der Waals surface area contributed by atoms with E-state index in [-0.39, 0.29) is 25.4 Å². The topological polar surface area (TPSA) is 92.9 Å². The van der Waals surface area contributed by atoms with Crippen molar-refractivity contribution in [2.24, 2.45) is 0 Å². The number of aliphatic hydroxyl groups excluding tert-OH is 1. The second kappa shape index (κ2) is 5.84. The first-order chi connectivity index (χ1) is 9.75. The van der Waals surface area contributed by atoms with E-state index in [0.717, 1.165) is 16.4 Å². The van der Waals surface area contributed by atoms with Gasteiger partial charge < -0.3 is 15.6 Å². The molecule has 2 unspecified atom stereocenters. The van der Waals surface area contributed by atoms with Gasteiger partial charge in [0.15, 0.2) is 4.90 Å². The van der Waals surface area contributed by atoms with Gasteiger partial charge in [0, 0.05) is 18.8 Å². The number of nitrogen functional groups attached to an aromatic ring is 1. The molecule has 0 amide bonds. The number of sulfonamides is 1. The van der Waals surface area contributed by atoms with Gasteiger partial charge in [-0.2, -0.15) is 4.31 Å². The van der Waals surface area contributed by atoms with Gasteiger partial charge >= 0.3 is 0 Å². The highest BCUT2D eigenvalue weighted by atomic mass is 32.2. The summed E-state index contributed by atoms with van der Waals surface area (Å²) in [6, 6.07) is 1.51. The van der Waals surface area contributed by atoms with E-state index in [1.807, 2.05) is 0 Å². The van der Waals surface area contributed by atoms with Crippen molar-refractivity contribution in [2.45, 2.75) is 24.0 Å². The summed E-state index contributed by atoms with van der Waals surface area (Å²) in [5.41, 5.74) is 5.07. The Hall–Kier alpha value is -1.29. The largest absolute Gasteiger partial charge is 0.399 e. The summed E-state index contributed by atoms with van der Waals surface area (Å²) in [6.07, 6.45) is -1.23. The Balaban J connectivity index is 2.43. The molecule has 0 aromatic heterocycles. The van der Waals surface area contributed by atoms with E-state index in [1.165, 1.54) is 0 Å². The van der Waals surface area contributed by atoms with Crippen LogP contribution in [0.15, 0.2) is 17.0 Å². The number of ether oxygens (including phenoxy) is 1. The van der Waals surface area contributed by atoms with Crippen LogP contribution in [0.1, 0.15) is 6.92 Å². The lowest BCUT2D eigenvalue weighted by atomic mass is 10.2. The molecule has 118 valence electrons. The van der Waals surface area contributed by atoms with Crippen LogP contribution in [0, 0.1) is 11.6 Å². The number of nitrogens with zero attached hydrogens (tertiary/aromatic N) is 1. The van der Waals surface area contributed by atoms with Gasteiger partial charge in [0.1, 0.15) is 11.6 Å². The van der Waals surface area contributed by atoms with E-state index in [9.17, 15) is 17.2 Å². The fourth-order valence-corrected chi connectivity index (χ4v) is 3.89. The highest BCUT2D eigenvalue weighted by molar-refractivity contribution is 7.89. The third-order valence-corrected chi connectivity index (χ3v) is 5.00. The molecule has 1 fully saturated rings. The summed E-state index contributed by atoms with van der Waals surface area (Å²) >= 11 is 0. The van der Waals surface area contributed by atoms with Crippen LogP contribution in [0.2, 0.25) is 0 Å². The minimum atomic E-state index is -4.38. The van der Waals surface area contributed by atoms with Crippen LogP contribution in [-0.4, -0.2) is 49.7 Å². The summed E-state index contributed by atoms with van der Waals surface area (Å²) in [6.45, 7) is 0.998. The SMILES string of the molecule is CC1CN(S(=O)(=O)c2c(F)cc(N)cc2F)CC(CO)O1. The van der Waals surface area contributed by atoms with Crippen molar-refractivity contribution in [2.75, 3.05) is 25.4 Å². The molecule has 0 bridgehead atoms. The van der Waals surface area contributed by atoms with Crippen molar-refractivity contribution in [3.8, 4) is 0 Å². The third kappa shape index (κ3) is 3.15. The standard InChI is InChI=1S/C12H16F2N2O4S/c1-7-4-16(5-9(6-17)20-7)21(18,19)12-10(13)2-8(15)3-11(12)14/h2-3,7,9,17H,4-6,15H2,1H3. The van der Waals surface area contributed by atoms with Crippen LogP contribution in [0.4, 0.5) is 14.5 Å². The molecule has 0 aliphatic carbocycles. The molecule has 3 N–H and O–H groups in total. The zero-order valence-electron chi connectivity index (χ0n) is 11.3. The van der Waals surface area contributed by atoms with E-state index in [2.05, 4.69) is 0 Å². The molecule has 1 heterocycles. The third-order valence-electron chi connectivity index (χ3n) is 3.11. The summed E-state index contributed by atoms with van der Waals surface area (Å²) in [7, 11) is -4.38. The molecule has 21 heavy (non-hydrogen) atoms. The van der Waals surface area contributed by atoms with Crippen LogP contribution in [0.25, 0.3) is 0 Å². The van der Waals surface area contributed by atoms with E-state index >= 15 is 0 Å². The lowest BCUT2D eigenvalue weighted by molar-refractivity contribution is -0.0751. The second-order valence-electron chi connectivity index (χ2n) is 4.89. The molecular weight excluding hydrogens is 306 g/mol. The maximum absolute atomic E-state index is 13.8. The van der Waals surface area contributed by atoms with Crippen LogP contribution in [0.3, 0.4) is 0 Å². The van der Waals surface area contributed by atoms with Crippen molar-refractivity contribution in [3.63, 3.8) is 0 Å². The number of rotatable bonds is 3. The van der Waals surface area contributed by atoms with Crippen molar-refractivity contribution in [1.29, 1.82) is 0 Å². The van der Waals surface area contributed by atoms with E-state index in [1.54, 1.807) is 6.92 Å². The maximum Gasteiger partial charge on any atom is 0.249 e. The van der Waals surface area contributed by atoms with Gasteiger partial charge in [0.25, 0.3) is 0 Å². The summed E-state index contributed by atoms with van der Waals surface area (Å²) < 4.78 is 58.7. The van der Waals surface area contributed by atoms with E-state index in [0.29, 0.717) is 0 Å². The van der Waals surface area contributed by atoms with Crippen molar-refractivity contribution < 1.29 is 27.0 Å². The highest BCUT2D eigenvalue weighted by Crippen LogP contribution is 2.27. The molecule has 2 atom stereocenters. The zero-order chi connectivity index (χ0) is 15.8. The Morgan fingerprint density at radius 1 is 1.38 bits per heavy atom. The predicted octanol–water partition coefficient (Wildman–Crippen LogP) is 0.317. The Labute approximate surface area is 121 Å². The van der Waals surface area contributed by atoms with Gasteiger partial charge in [-0.05, 0) is 19.1 Å². The normalized spacial score (nSPS) is 24.2. The summed E-state index contributed by atoms with van der Waals surface area (Å²) in [5, 5.41) is 9.10. The summed E-state index contributed by atoms with van der Waals surface area (Å²) in [4.78, 5) is -1.04. The van der Waals surface area contributed by atoms with Crippen molar-refractivity contribution in [3.05, 3.63) is 23.8 Å². The molecule has 6 nitrogen and oxygen atoms in total. The first kappa shape index (κ1) is 16.1. The number of morpholine rings is 1. The quantitative estimate of drug-likeness (QED) is 0.782. The van der Waals surface area contributed by atoms with Gasteiger partial charge in [-0.25, -0.2) is 17.2 Å². The molecule has 0 radical (unpaired) electrons. The average Bonchev–Trinajstić information content (AvgIpc) is 2.36. The van der Waals surface area contributed by atoms with Gasteiger partial charge in [-0.1, -0.05) is 0 Å². The van der Waals surface area contributed by atoms with Crippen LogP contribution >= 0.6 is 0 Å². The van der Waals surface area contributed by atoms with Crippen molar-refractivity contribution in [1.82, 2.24) is 4.31 Å². The maximum atomic E-state index is 13.8. The first-order valence-electron chi connectivity index (χ1n) is 6.26. The molecule has 1 aliphatic rings. The molecule has 1 saturated heterocycles. The fraction of sp³-hybridized carbons (Fsp3) is 0.500. The summed E-state index contributed by atoms with van der Waals surface area (Å²) in [5.74, 6) is -2.49. The zero-order valence-corrected chi connectivity index (χ0v) is 12.1. The molecule has 0 saturated carbocycles. The Bertz CT molecular complexity index is 615. The van der Waals surface area contributed by atoms with Crippen LogP contribution in [-0.2, 0) is 14.8 Å². The van der Waals surface area contributed by atoms with E-state index in [4.69, 9.17) is 15.6 Å².